The molecule has 0 atom stereocenters. The molecule has 0 N–H and O–H groups in total. The lowest BCUT2D eigenvalue weighted by molar-refractivity contribution is 1.07. The zero-order chi connectivity index (χ0) is 31.6. The first kappa shape index (κ1) is 26.6. The van der Waals surface area contributed by atoms with Crippen LogP contribution >= 0.6 is 0 Å². The smallest absolute Gasteiger partial charge is 0.164 e. The SMILES string of the molecule is c1ccc(-c2nc(-c3ccccc3)nc(-c3ccc4c5ccc6ccn(c7cccc(c7)n7ccc8ccc(cc87)c4c3)c6c5)n2)cc1. The second kappa shape index (κ2) is 10.5. The number of aromatic nitrogens is 5. The highest BCUT2D eigenvalue weighted by molar-refractivity contribution is 6.10. The first-order valence-electron chi connectivity index (χ1n) is 16.1. The first-order valence-corrected chi connectivity index (χ1v) is 16.1. The van der Waals surface area contributed by atoms with E-state index in [1.807, 2.05) is 60.7 Å². The van der Waals surface area contributed by atoms with Gasteiger partial charge in [-0.25, -0.2) is 15.0 Å². The Hall–Kier alpha value is -6.59. The molecule has 6 bridgehead atoms. The monoisotopic (exact) mass is 613 g/mol. The summed E-state index contributed by atoms with van der Waals surface area (Å²) in [5.41, 5.74) is 7.41. The standard InChI is InChI=1S/C43H27N5/c1-3-8-30(9-4-1)41-44-42(31-10-5-2-6-11-31)46-43(45-41)34-18-19-37-32-16-14-28-20-22-47(39(28)25-32)35-12-7-13-36(27-35)48-23-21-29-15-17-33(26-40(29)48)38(37)24-34/h1-27H. The Kier molecular flexibility index (Phi) is 5.81. The summed E-state index contributed by atoms with van der Waals surface area (Å²) in [6.07, 6.45) is 4.33. The quantitative estimate of drug-likeness (QED) is 0.199. The van der Waals surface area contributed by atoms with Gasteiger partial charge in [-0.15, -0.1) is 0 Å². The van der Waals surface area contributed by atoms with Crippen LogP contribution in [0.5, 0.6) is 0 Å². The van der Waals surface area contributed by atoms with Crippen LogP contribution in [0, 0.1) is 0 Å². The van der Waals surface area contributed by atoms with Gasteiger partial charge in [0.15, 0.2) is 17.5 Å². The third-order valence-electron chi connectivity index (χ3n) is 9.37. The Bertz CT molecular complexity index is 2830. The Morgan fingerprint density at radius 3 is 1.40 bits per heavy atom. The van der Waals surface area contributed by atoms with Crippen LogP contribution < -0.4 is 0 Å². The van der Waals surface area contributed by atoms with E-state index in [2.05, 4.69) is 112 Å². The molecule has 5 heteroatoms. The lowest BCUT2D eigenvalue weighted by Gasteiger charge is -2.10. The number of hydrogen-bond donors (Lipinski definition) is 0. The Morgan fingerprint density at radius 2 is 0.833 bits per heavy atom. The third-order valence-corrected chi connectivity index (χ3v) is 9.37. The van der Waals surface area contributed by atoms with Crippen molar-refractivity contribution in [2.24, 2.45) is 0 Å². The zero-order valence-electron chi connectivity index (χ0n) is 25.8. The van der Waals surface area contributed by atoms with Crippen LogP contribution in [-0.4, -0.2) is 23.8 Å². The van der Waals surface area contributed by atoms with Crippen molar-refractivity contribution >= 4 is 54.4 Å². The third kappa shape index (κ3) is 4.29. The highest BCUT2D eigenvalue weighted by Crippen LogP contribution is 2.33. The van der Waals surface area contributed by atoms with E-state index in [1.54, 1.807) is 0 Å². The molecule has 0 unspecified atom stereocenters. The number of nitrogens with zero attached hydrogens (tertiary/aromatic N) is 5. The predicted octanol–water partition coefficient (Wildman–Crippen LogP) is 10.6. The molecule has 0 saturated heterocycles. The lowest BCUT2D eigenvalue weighted by Crippen LogP contribution is -2.00. The van der Waals surface area contributed by atoms with Gasteiger partial charge in [0.05, 0.1) is 11.0 Å². The maximum atomic E-state index is 5.04. The van der Waals surface area contributed by atoms with Crippen LogP contribution in [-0.2, 0) is 0 Å². The van der Waals surface area contributed by atoms with Crippen molar-refractivity contribution < 1.29 is 0 Å². The minimum Gasteiger partial charge on any atom is -0.316 e. The average molecular weight is 614 g/mol. The maximum absolute atomic E-state index is 5.04. The fraction of sp³-hybridized carbons (Fsp3) is 0. The normalized spacial score (nSPS) is 11.8. The summed E-state index contributed by atoms with van der Waals surface area (Å²) in [6.45, 7) is 0. The van der Waals surface area contributed by atoms with Crippen molar-refractivity contribution in [3.05, 3.63) is 164 Å². The highest BCUT2D eigenvalue weighted by Gasteiger charge is 2.14. The molecule has 0 aliphatic heterocycles. The van der Waals surface area contributed by atoms with Crippen LogP contribution in [0.25, 0.3) is 88.5 Å². The Balaban J connectivity index is 1.32. The van der Waals surface area contributed by atoms with E-state index in [0.29, 0.717) is 17.5 Å². The first-order chi connectivity index (χ1) is 23.7. The van der Waals surface area contributed by atoms with Crippen molar-refractivity contribution in [3.8, 4) is 34.2 Å². The molecule has 48 heavy (non-hydrogen) atoms. The van der Waals surface area contributed by atoms with E-state index in [1.165, 1.54) is 16.3 Å². The molecule has 224 valence electrons. The highest BCUT2D eigenvalue weighted by atomic mass is 15.0. The molecule has 0 aliphatic rings. The summed E-state index contributed by atoms with van der Waals surface area (Å²) < 4.78 is 4.57. The van der Waals surface area contributed by atoms with E-state index in [-0.39, 0.29) is 0 Å². The molecule has 4 aromatic heterocycles. The van der Waals surface area contributed by atoms with Crippen LogP contribution in [0.3, 0.4) is 0 Å². The van der Waals surface area contributed by atoms with E-state index >= 15 is 0 Å². The molecular weight excluding hydrogens is 587 g/mol. The van der Waals surface area contributed by atoms with Gasteiger partial charge in [-0.05, 0) is 80.8 Å². The van der Waals surface area contributed by atoms with Crippen molar-refractivity contribution in [1.29, 1.82) is 0 Å². The van der Waals surface area contributed by atoms with Crippen molar-refractivity contribution in [2.45, 2.75) is 0 Å². The second-order valence-corrected chi connectivity index (χ2v) is 12.2. The molecule has 6 aromatic carbocycles. The van der Waals surface area contributed by atoms with E-state index in [4.69, 9.17) is 15.0 Å². The molecular formula is C43H27N5. The van der Waals surface area contributed by atoms with Gasteiger partial charge in [-0.2, -0.15) is 0 Å². The van der Waals surface area contributed by atoms with Gasteiger partial charge in [0.1, 0.15) is 0 Å². The van der Waals surface area contributed by atoms with E-state index in [9.17, 15) is 0 Å². The number of benzene rings is 6. The Morgan fingerprint density at radius 1 is 0.333 bits per heavy atom. The number of hydrogen-bond acceptors (Lipinski definition) is 3. The molecule has 0 aliphatic carbocycles. The number of rotatable bonds is 3. The lowest BCUT2D eigenvalue weighted by atomic mass is 10.0. The summed E-state index contributed by atoms with van der Waals surface area (Å²) in [4.78, 5) is 15.0. The minimum atomic E-state index is 0.637. The van der Waals surface area contributed by atoms with Gasteiger partial charge in [-0.3, -0.25) is 0 Å². The van der Waals surface area contributed by atoms with Crippen molar-refractivity contribution in [2.75, 3.05) is 0 Å². The fourth-order valence-corrected chi connectivity index (χ4v) is 6.95. The fourth-order valence-electron chi connectivity index (χ4n) is 6.95. The maximum Gasteiger partial charge on any atom is 0.164 e. The van der Waals surface area contributed by atoms with Crippen LogP contribution in [0.4, 0.5) is 0 Å². The number of fused-ring (bicyclic) bond motifs is 9. The largest absolute Gasteiger partial charge is 0.316 e. The van der Waals surface area contributed by atoms with Gasteiger partial charge in [0.2, 0.25) is 0 Å². The summed E-state index contributed by atoms with van der Waals surface area (Å²) in [7, 11) is 0. The molecule has 10 rings (SSSR count). The summed E-state index contributed by atoms with van der Waals surface area (Å²) in [6, 6.07) is 53.5. The van der Waals surface area contributed by atoms with Gasteiger partial charge in [0.25, 0.3) is 0 Å². The predicted molar refractivity (Wildman–Crippen MR) is 197 cm³/mol. The summed E-state index contributed by atoms with van der Waals surface area (Å²) >= 11 is 0. The minimum absolute atomic E-state index is 0.637. The topological polar surface area (TPSA) is 47.5 Å². The van der Waals surface area contributed by atoms with Gasteiger partial charge in [0, 0.05) is 40.1 Å². The summed E-state index contributed by atoms with van der Waals surface area (Å²) in [5.74, 6) is 1.93. The summed E-state index contributed by atoms with van der Waals surface area (Å²) in [5, 5.41) is 6.95. The van der Waals surface area contributed by atoms with Crippen LogP contribution in [0.1, 0.15) is 0 Å². The van der Waals surface area contributed by atoms with E-state index < -0.39 is 0 Å². The van der Waals surface area contributed by atoms with E-state index in [0.717, 1.165) is 54.8 Å². The molecule has 0 spiro atoms. The average Bonchev–Trinajstić information content (AvgIpc) is 3.79. The molecule has 10 aromatic rings. The Labute approximate surface area is 275 Å². The van der Waals surface area contributed by atoms with Crippen molar-refractivity contribution in [1.82, 2.24) is 23.8 Å². The molecule has 0 radical (unpaired) electrons. The molecule has 0 saturated carbocycles. The van der Waals surface area contributed by atoms with Crippen molar-refractivity contribution in [3.63, 3.8) is 0 Å². The van der Waals surface area contributed by atoms with Crippen LogP contribution in [0.2, 0.25) is 0 Å². The second-order valence-electron chi connectivity index (χ2n) is 12.2. The molecule has 5 nitrogen and oxygen atoms in total. The van der Waals surface area contributed by atoms with Gasteiger partial charge >= 0.3 is 0 Å². The molecule has 0 amide bonds. The molecule has 4 heterocycles. The van der Waals surface area contributed by atoms with Crippen LogP contribution in [0.15, 0.2) is 164 Å². The van der Waals surface area contributed by atoms with Gasteiger partial charge in [-0.1, -0.05) is 103 Å². The molecule has 0 fully saturated rings. The van der Waals surface area contributed by atoms with Gasteiger partial charge < -0.3 is 8.80 Å². The zero-order valence-corrected chi connectivity index (χ0v) is 25.8.